The van der Waals surface area contributed by atoms with Gasteiger partial charge in [-0.3, -0.25) is 4.90 Å². The minimum Gasteiger partial charge on any atom is -0.444 e. The van der Waals surface area contributed by atoms with E-state index < -0.39 is 5.60 Å². The van der Waals surface area contributed by atoms with Crippen LogP contribution < -0.4 is 5.32 Å². The van der Waals surface area contributed by atoms with E-state index in [0.29, 0.717) is 17.6 Å². The molecule has 1 amide bonds. The quantitative estimate of drug-likeness (QED) is 0.912. The first-order chi connectivity index (χ1) is 11.8. The van der Waals surface area contributed by atoms with Gasteiger partial charge in [-0.15, -0.1) is 0 Å². The fourth-order valence-corrected chi connectivity index (χ4v) is 4.07. The van der Waals surface area contributed by atoms with Gasteiger partial charge in [-0.2, -0.15) is 5.26 Å². The lowest BCUT2D eigenvalue weighted by Gasteiger charge is -2.39. The third-order valence-electron chi connectivity index (χ3n) is 5.03. The number of nitrogens with one attached hydrogen (secondary N) is 1. The third-order valence-corrected chi connectivity index (χ3v) is 5.03. The first-order valence-corrected chi connectivity index (χ1v) is 9.08. The number of hydrogen-bond donors (Lipinski definition) is 1. The zero-order valence-electron chi connectivity index (χ0n) is 15.3. The molecule has 1 aromatic carbocycles. The molecule has 1 unspecified atom stereocenters. The number of carbonyl (C=O) groups excluding carboxylic acids is 1. The van der Waals surface area contributed by atoms with E-state index in [1.54, 1.807) is 0 Å². The summed E-state index contributed by atoms with van der Waals surface area (Å²) in [6.45, 7) is 6.53. The van der Waals surface area contributed by atoms with E-state index in [-0.39, 0.29) is 12.1 Å². The fourth-order valence-electron chi connectivity index (χ4n) is 4.07. The molecule has 3 atom stereocenters. The maximum Gasteiger partial charge on any atom is 0.407 e. The summed E-state index contributed by atoms with van der Waals surface area (Å²) in [5.74, 6) is 0. The Kier molecular flexibility index (Phi) is 5.01. The molecule has 2 saturated heterocycles. The van der Waals surface area contributed by atoms with Crippen molar-refractivity contribution in [3.63, 3.8) is 0 Å². The molecule has 0 saturated carbocycles. The first kappa shape index (κ1) is 17.8. The highest BCUT2D eigenvalue weighted by molar-refractivity contribution is 5.68. The number of alkyl carbamates (subject to hydrolysis) is 1. The van der Waals surface area contributed by atoms with Gasteiger partial charge >= 0.3 is 6.09 Å². The number of benzene rings is 1. The smallest absolute Gasteiger partial charge is 0.407 e. The van der Waals surface area contributed by atoms with Crippen molar-refractivity contribution in [1.82, 2.24) is 10.2 Å². The zero-order valence-corrected chi connectivity index (χ0v) is 15.3. The SMILES string of the molecule is CC(C)(C)OC(=O)NC1C[C@H]2CC[C@@H](C1)N2Cc1cccc(C#N)c1. The number of fused-ring (bicyclic) bond motifs is 2. The minimum atomic E-state index is -0.463. The predicted molar refractivity (Wildman–Crippen MR) is 95.9 cm³/mol. The number of nitriles is 1. The number of ether oxygens (including phenoxy) is 1. The molecule has 2 aliphatic rings. The molecule has 25 heavy (non-hydrogen) atoms. The van der Waals surface area contributed by atoms with Crippen LogP contribution in [0.5, 0.6) is 0 Å². The highest BCUT2D eigenvalue weighted by Gasteiger charge is 2.41. The molecule has 1 N–H and O–H groups in total. The van der Waals surface area contributed by atoms with Crippen molar-refractivity contribution < 1.29 is 9.53 Å². The van der Waals surface area contributed by atoms with Crippen LogP contribution in [0.2, 0.25) is 0 Å². The molecule has 1 aromatic rings. The van der Waals surface area contributed by atoms with Gasteiger partial charge in [0, 0.05) is 24.7 Å². The van der Waals surface area contributed by atoms with E-state index in [1.807, 2.05) is 39.0 Å². The van der Waals surface area contributed by atoms with Gasteiger partial charge < -0.3 is 10.1 Å². The number of rotatable bonds is 3. The van der Waals surface area contributed by atoms with E-state index in [4.69, 9.17) is 10.00 Å². The van der Waals surface area contributed by atoms with Crippen LogP contribution in [0.25, 0.3) is 0 Å². The normalized spacial score (nSPS) is 26.1. The summed E-state index contributed by atoms with van der Waals surface area (Å²) in [5.41, 5.74) is 1.44. The van der Waals surface area contributed by atoms with E-state index in [9.17, 15) is 4.79 Å². The van der Waals surface area contributed by atoms with E-state index in [2.05, 4.69) is 22.4 Å². The van der Waals surface area contributed by atoms with E-state index in [1.165, 1.54) is 18.4 Å². The number of nitrogens with zero attached hydrogens (tertiary/aromatic N) is 2. The summed E-state index contributed by atoms with van der Waals surface area (Å²) in [4.78, 5) is 14.6. The molecule has 5 nitrogen and oxygen atoms in total. The number of piperidine rings is 1. The van der Waals surface area contributed by atoms with Crippen LogP contribution in [0.3, 0.4) is 0 Å². The van der Waals surface area contributed by atoms with Crippen molar-refractivity contribution >= 4 is 6.09 Å². The Morgan fingerprint density at radius 1 is 1.32 bits per heavy atom. The average Bonchev–Trinajstić information content (AvgIpc) is 2.76. The van der Waals surface area contributed by atoms with E-state index in [0.717, 1.165) is 19.4 Å². The van der Waals surface area contributed by atoms with Crippen molar-refractivity contribution in [2.45, 2.75) is 76.7 Å². The lowest BCUT2D eigenvalue weighted by atomic mass is 9.96. The summed E-state index contributed by atoms with van der Waals surface area (Å²) < 4.78 is 5.39. The second-order valence-corrected chi connectivity index (χ2v) is 8.18. The number of amides is 1. The first-order valence-electron chi connectivity index (χ1n) is 9.08. The Morgan fingerprint density at radius 3 is 2.60 bits per heavy atom. The molecule has 2 heterocycles. The Hall–Kier alpha value is -2.06. The molecule has 134 valence electrons. The van der Waals surface area contributed by atoms with Crippen LogP contribution in [-0.4, -0.2) is 34.7 Å². The topological polar surface area (TPSA) is 65.4 Å². The molecular weight excluding hydrogens is 314 g/mol. The highest BCUT2D eigenvalue weighted by atomic mass is 16.6. The summed E-state index contributed by atoms with van der Waals surface area (Å²) >= 11 is 0. The maximum absolute atomic E-state index is 12.0. The highest BCUT2D eigenvalue weighted by Crippen LogP contribution is 2.37. The van der Waals surface area contributed by atoms with Crippen LogP contribution in [0.1, 0.15) is 57.6 Å². The van der Waals surface area contributed by atoms with Crippen LogP contribution >= 0.6 is 0 Å². The molecule has 5 heteroatoms. The van der Waals surface area contributed by atoms with Gasteiger partial charge in [-0.05, 0) is 64.2 Å². The van der Waals surface area contributed by atoms with Gasteiger partial charge in [-0.25, -0.2) is 4.79 Å². The van der Waals surface area contributed by atoms with E-state index >= 15 is 0 Å². The Balaban J connectivity index is 1.59. The predicted octanol–water partition coefficient (Wildman–Crippen LogP) is 3.58. The van der Waals surface area contributed by atoms with Crippen LogP contribution in [0.15, 0.2) is 24.3 Å². The molecule has 2 bridgehead atoms. The molecule has 0 aliphatic carbocycles. The summed E-state index contributed by atoms with van der Waals surface area (Å²) in [7, 11) is 0. The minimum absolute atomic E-state index is 0.189. The van der Waals surface area contributed by atoms with Crippen molar-refractivity contribution in [1.29, 1.82) is 5.26 Å². The van der Waals surface area contributed by atoms with Crippen molar-refractivity contribution in [3.8, 4) is 6.07 Å². The molecule has 2 aliphatic heterocycles. The Labute approximate surface area is 150 Å². The second kappa shape index (κ2) is 7.05. The van der Waals surface area contributed by atoms with Crippen LogP contribution in [0, 0.1) is 11.3 Å². The van der Waals surface area contributed by atoms with Crippen LogP contribution in [-0.2, 0) is 11.3 Å². The van der Waals surface area contributed by atoms with Gasteiger partial charge in [0.05, 0.1) is 11.6 Å². The maximum atomic E-state index is 12.0. The monoisotopic (exact) mass is 341 g/mol. The fraction of sp³-hybridized carbons (Fsp3) is 0.600. The van der Waals surface area contributed by atoms with Gasteiger partial charge in [0.1, 0.15) is 5.60 Å². The van der Waals surface area contributed by atoms with Crippen molar-refractivity contribution in [2.24, 2.45) is 0 Å². The number of carbonyl (C=O) groups is 1. The van der Waals surface area contributed by atoms with Gasteiger partial charge in [0.15, 0.2) is 0 Å². The molecule has 0 radical (unpaired) electrons. The Morgan fingerprint density at radius 2 is 2.00 bits per heavy atom. The lowest BCUT2D eigenvalue weighted by Crippen LogP contribution is -2.50. The zero-order chi connectivity index (χ0) is 18.0. The molecular formula is C20H27N3O2. The summed E-state index contributed by atoms with van der Waals surface area (Å²) in [6.07, 6.45) is 3.97. The average molecular weight is 341 g/mol. The second-order valence-electron chi connectivity index (χ2n) is 8.18. The molecule has 3 rings (SSSR count). The Bertz CT molecular complexity index is 660. The third kappa shape index (κ3) is 4.52. The largest absolute Gasteiger partial charge is 0.444 e. The number of hydrogen-bond acceptors (Lipinski definition) is 4. The van der Waals surface area contributed by atoms with Gasteiger partial charge in [0.2, 0.25) is 0 Å². The van der Waals surface area contributed by atoms with Crippen LogP contribution in [0.4, 0.5) is 4.79 Å². The molecule has 2 fully saturated rings. The van der Waals surface area contributed by atoms with Crippen molar-refractivity contribution in [3.05, 3.63) is 35.4 Å². The molecule has 0 aromatic heterocycles. The summed E-state index contributed by atoms with van der Waals surface area (Å²) in [5, 5.41) is 12.1. The summed E-state index contributed by atoms with van der Waals surface area (Å²) in [6, 6.07) is 11.2. The standard InChI is InChI=1S/C20H27N3O2/c1-20(2,3)25-19(24)22-16-10-17-7-8-18(11-16)23(17)13-15-6-4-5-14(9-15)12-21/h4-6,9,16-18H,7-8,10-11,13H2,1-3H3,(H,22,24)/t16?,17-,18+. The van der Waals surface area contributed by atoms with Gasteiger partial charge in [0.25, 0.3) is 0 Å². The molecule has 0 spiro atoms. The lowest BCUT2D eigenvalue weighted by molar-refractivity contribution is 0.0436. The van der Waals surface area contributed by atoms with Crippen molar-refractivity contribution in [2.75, 3.05) is 0 Å². The van der Waals surface area contributed by atoms with Gasteiger partial charge in [-0.1, -0.05) is 12.1 Å².